The number of aromatic amines is 1. The first kappa shape index (κ1) is 36.4. The molecule has 2 N–H and O–H groups in total. The Kier molecular flexibility index (Phi) is 15.5. The van der Waals surface area contributed by atoms with Gasteiger partial charge in [-0.15, -0.1) is 0 Å². The summed E-state index contributed by atoms with van der Waals surface area (Å²) in [6, 6.07) is 24.8. The maximum absolute atomic E-state index is 12.8. The number of hydrogen-bond donors (Lipinski definition) is 1. The molecule has 0 spiro atoms. The normalized spacial score (nSPS) is 13.3. The van der Waals surface area contributed by atoms with E-state index >= 15 is 0 Å². The molecule has 3 aromatic carbocycles. The highest BCUT2D eigenvalue weighted by atomic mass is 31.2. The summed E-state index contributed by atoms with van der Waals surface area (Å²) in [5, 5.41) is 2.27. The predicted octanol–water partition coefficient (Wildman–Crippen LogP) is 9.13. The summed E-state index contributed by atoms with van der Waals surface area (Å²) in [7, 11) is -2.91. The van der Waals surface area contributed by atoms with Crippen LogP contribution < -0.4 is 19.0 Å². The molecule has 0 amide bonds. The van der Waals surface area contributed by atoms with Crippen LogP contribution in [0.1, 0.15) is 82.4 Å². The molecule has 2 atom stereocenters. The quantitative estimate of drug-likeness (QED) is 0.0624. The second-order valence-corrected chi connectivity index (χ2v) is 13.3. The van der Waals surface area contributed by atoms with E-state index in [0.717, 1.165) is 34.2 Å². The van der Waals surface area contributed by atoms with Gasteiger partial charge in [-0.05, 0) is 47.7 Å². The number of fused-ring (bicyclic) bond motifs is 1. The summed E-state index contributed by atoms with van der Waals surface area (Å²) in [5.41, 5.74) is 1.94. The van der Waals surface area contributed by atoms with Crippen molar-refractivity contribution in [2.75, 3.05) is 26.9 Å². The van der Waals surface area contributed by atoms with E-state index in [9.17, 15) is 9.46 Å². The van der Waals surface area contributed by atoms with Crippen LogP contribution in [0, 0.1) is 0 Å². The number of phosphoric ester groups is 1. The first-order chi connectivity index (χ1) is 22.9. The monoisotopic (exact) mass is 664 g/mol. The molecule has 47 heavy (non-hydrogen) atoms. The van der Waals surface area contributed by atoms with Crippen molar-refractivity contribution in [2.24, 2.45) is 0 Å². The highest BCUT2D eigenvalue weighted by Gasteiger charge is 2.26. The number of phosphoric acid groups is 1. The van der Waals surface area contributed by atoms with Crippen molar-refractivity contribution < 1.29 is 37.7 Å². The smallest absolute Gasteiger partial charge is 0.493 e. The van der Waals surface area contributed by atoms with Crippen LogP contribution in [0.5, 0.6) is 17.2 Å². The van der Waals surface area contributed by atoms with Crippen LogP contribution >= 0.6 is 7.82 Å². The van der Waals surface area contributed by atoms with Crippen molar-refractivity contribution in [3.8, 4) is 17.2 Å². The lowest BCUT2D eigenvalue weighted by Gasteiger charge is -2.19. The first-order valence-corrected chi connectivity index (χ1v) is 18.5. The second-order valence-electron chi connectivity index (χ2n) is 11.9. The molecule has 0 bridgehead atoms. The molecule has 4 rings (SSSR count). The van der Waals surface area contributed by atoms with E-state index in [1.54, 1.807) is 18.2 Å². The van der Waals surface area contributed by atoms with E-state index < -0.39 is 13.9 Å². The van der Waals surface area contributed by atoms with Gasteiger partial charge < -0.3 is 18.7 Å². The number of methoxy groups -OCH3 is 1. The molecule has 1 heterocycles. The van der Waals surface area contributed by atoms with Gasteiger partial charge in [0.25, 0.3) is 0 Å². The van der Waals surface area contributed by atoms with E-state index in [1.807, 2.05) is 48.7 Å². The fourth-order valence-corrected chi connectivity index (χ4v) is 6.14. The number of ether oxygens (including phenoxy) is 3. The fraction of sp³-hybridized carbons (Fsp3) is 0.447. The topological polar surface area (TPSA) is 97.6 Å². The van der Waals surface area contributed by atoms with Gasteiger partial charge in [0, 0.05) is 24.6 Å². The summed E-state index contributed by atoms with van der Waals surface area (Å²) >= 11 is 0. The van der Waals surface area contributed by atoms with Crippen LogP contribution in [-0.4, -0.2) is 37.9 Å². The van der Waals surface area contributed by atoms with Gasteiger partial charge in [0.15, 0.2) is 11.9 Å². The number of rotatable bonds is 23. The van der Waals surface area contributed by atoms with E-state index in [1.165, 1.54) is 64.9 Å². The predicted molar refractivity (Wildman–Crippen MR) is 186 cm³/mol. The average Bonchev–Trinajstić information content (AvgIpc) is 3.07. The Morgan fingerprint density at radius 1 is 0.723 bits per heavy atom. The molecule has 0 fully saturated rings. The zero-order valence-electron chi connectivity index (χ0n) is 27.9. The summed E-state index contributed by atoms with van der Waals surface area (Å²) in [5.74, 6) is 1.61. The number of nitrogens with one attached hydrogen (secondary N) is 1. The molecular weight excluding hydrogens is 613 g/mol. The fourth-order valence-electron chi connectivity index (χ4n) is 5.35. The van der Waals surface area contributed by atoms with Gasteiger partial charge in [-0.1, -0.05) is 101 Å². The Balaban J connectivity index is 1.15. The lowest BCUT2D eigenvalue weighted by molar-refractivity contribution is -0.387. The molecule has 0 aliphatic carbocycles. The molecule has 2 unspecified atom stereocenters. The Morgan fingerprint density at radius 3 is 2.13 bits per heavy atom. The van der Waals surface area contributed by atoms with Gasteiger partial charge in [0.1, 0.15) is 30.0 Å². The molecular formula is C38H51NO7P+. The summed E-state index contributed by atoms with van der Waals surface area (Å²) in [4.78, 5) is 13.7. The molecule has 9 heteroatoms. The van der Waals surface area contributed by atoms with Crippen molar-refractivity contribution in [2.45, 2.75) is 83.7 Å². The van der Waals surface area contributed by atoms with Crippen molar-refractivity contribution in [3.63, 3.8) is 0 Å². The van der Waals surface area contributed by atoms with Crippen molar-refractivity contribution >= 4 is 18.6 Å². The Bertz CT molecular complexity index is 1530. The van der Waals surface area contributed by atoms with Crippen LogP contribution in [-0.2, 0) is 20.2 Å². The van der Waals surface area contributed by atoms with Crippen LogP contribution in [0.2, 0.25) is 0 Å². The Morgan fingerprint density at radius 2 is 1.38 bits per heavy atom. The van der Waals surface area contributed by atoms with Crippen LogP contribution in [0.4, 0.5) is 0 Å². The molecule has 0 radical (unpaired) electrons. The van der Waals surface area contributed by atoms with Gasteiger partial charge in [0.2, 0.25) is 0 Å². The molecule has 254 valence electrons. The minimum atomic E-state index is -4.41. The Labute approximate surface area is 280 Å². The van der Waals surface area contributed by atoms with E-state index in [4.69, 9.17) is 23.3 Å². The third-order valence-corrected chi connectivity index (χ3v) is 8.93. The Hall–Kier alpha value is -3.42. The molecule has 0 aliphatic heterocycles. The van der Waals surface area contributed by atoms with Gasteiger partial charge >= 0.3 is 7.82 Å². The zero-order chi connectivity index (χ0) is 33.2. The third kappa shape index (κ3) is 13.7. The number of H-pyrrole nitrogens is 1. The molecule has 1 aromatic heterocycles. The number of benzene rings is 3. The van der Waals surface area contributed by atoms with Crippen molar-refractivity contribution in [1.29, 1.82) is 0 Å². The lowest BCUT2D eigenvalue weighted by Crippen LogP contribution is -2.25. The largest absolute Gasteiger partial charge is 0.527 e. The van der Waals surface area contributed by atoms with Crippen LogP contribution in [0.25, 0.3) is 10.8 Å². The summed E-state index contributed by atoms with van der Waals surface area (Å²) < 4.78 is 40.7. The molecule has 0 saturated carbocycles. The number of pyridine rings is 1. The SMILES string of the molecule is CCCCCCCCCCCCOc1cccc(OCC(COP(=O)(O)Oc2cccc(Cc3cc4ccccc4c[nH+]3)c2)OC)c1. The number of hydrogen-bond acceptors (Lipinski definition) is 6. The van der Waals surface area contributed by atoms with Crippen LogP contribution in [0.3, 0.4) is 0 Å². The van der Waals surface area contributed by atoms with E-state index in [2.05, 4.69) is 30.1 Å². The summed E-state index contributed by atoms with van der Waals surface area (Å²) in [6.07, 6.45) is 14.8. The van der Waals surface area contributed by atoms with Crippen molar-refractivity contribution in [1.82, 2.24) is 0 Å². The van der Waals surface area contributed by atoms with E-state index in [0.29, 0.717) is 18.8 Å². The lowest BCUT2D eigenvalue weighted by atomic mass is 10.1. The molecule has 0 saturated heterocycles. The summed E-state index contributed by atoms with van der Waals surface area (Å²) in [6.45, 7) is 2.86. The van der Waals surface area contributed by atoms with Crippen LogP contribution in [0.15, 0.2) is 85.1 Å². The maximum Gasteiger partial charge on any atom is 0.527 e. The van der Waals surface area contributed by atoms with Gasteiger partial charge in [-0.25, -0.2) is 9.55 Å². The van der Waals surface area contributed by atoms with Gasteiger partial charge in [-0.2, -0.15) is 0 Å². The number of unbranched alkanes of at least 4 members (excludes halogenated alkanes) is 9. The van der Waals surface area contributed by atoms with E-state index in [-0.39, 0.29) is 19.0 Å². The highest BCUT2D eigenvalue weighted by Crippen LogP contribution is 2.44. The molecule has 4 aromatic rings. The first-order valence-electron chi connectivity index (χ1n) is 17.0. The third-order valence-electron chi connectivity index (χ3n) is 8.02. The minimum Gasteiger partial charge on any atom is -0.493 e. The maximum atomic E-state index is 12.8. The standard InChI is InChI=1S/C38H50NO7P/c1-3-4-5-6-7-8-9-10-11-14-23-43-35-20-16-21-36(27-35)44-29-38(42-2)30-45-47(40,41)46-37-22-15-17-31(25-37)24-34-26-32-18-12-13-19-33(32)28-39-34/h12-13,15-22,25-28,38H,3-11,14,23-24,29-30H2,1-2H3,(H,40,41)/p+1. The molecule has 0 aliphatic rings. The minimum absolute atomic E-state index is 0.121. The number of aromatic nitrogens is 1. The zero-order valence-corrected chi connectivity index (χ0v) is 28.8. The average molecular weight is 665 g/mol. The van der Waals surface area contributed by atoms with Gasteiger partial charge in [0.05, 0.1) is 19.6 Å². The second kappa shape index (κ2) is 20.1. The highest BCUT2D eigenvalue weighted by molar-refractivity contribution is 7.47. The van der Waals surface area contributed by atoms with Crippen molar-refractivity contribution in [3.05, 3.63) is 96.3 Å². The molecule has 8 nitrogen and oxygen atoms in total. The van der Waals surface area contributed by atoms with Gasteiger partial charge in [-0.3, -0.25) is 9.42 Å².